The largest absolute Gasteiger partial charge is 0.478 e. The first-order valence-electron chi connectivity index (χ1n) is 5.58. The molecule has 1 heterocycles. The molecule has 6 heteroatoms. The molecule has 0 aliphatic heterocycles. The van der Waals surface area contributed by atoms with Crippen molar-refractivity contribution in [2.24, 2.45) is 0 Å². The van der Waals surface area contributed by atoms with Gasteiger partial charge in [-0.1, -0.05) is 13.3 Å². The van der Waals surface area contributed by atoms with Gasteiger partial charge in [-0.15, -0.1) is 0 Å². The molecule has 0 unspecified atom stereocenters. The third-order valence-electron chi connectivity index (χ3n) is 2.33. The summed E-state index contributed by atoms with van der Waals surface area (Å²) in [5, 5.41) is 15.6. The van der Waals surface area contributed by atoms with Crippen LogP contribution in [0.15, 0.2) is 6.20 Å². The van der Waals surface area contributed by atoms with Gasteiger partial charge in [0.15, 0.2) is 0 Å². The number of amides is 1. The van der Waals surface area contributed by atoms with Gasteiger partial charge >= 0.3 is 5.97 Å². The number of rotatable bonds is 6. The first-order chi connectivity index (χ1) is 8.04. The predicted molar refractivity (Wildman–Crippen MR) is 61.8 cm³/mol. The molecule has 0 atom stereocenters. The zero-order valence-electron chi connectivity index (χ0n) is 10.1. The van der Waals surface area contributed by atoms with Crippen LogP contribution in [0.5, 0.6) is 0 Å². The van der Waals surface area contributed by atoms with E-state index in [-0.39, 0.29) is 18.0 Å². The number of aryl methyl sites for hydroxylation is 1. The van der Waals surface area contributed by atoms with Crippen molar-refractivity contribution in [2.45, 2.75) is 33.2 Å². The van der Waals surface area contributed by atoms with Crippen molar-refractivity contribution < 1.29 is 14.7 Å². The smallest absolute Gasteiger partial charge is 0.339 e. The second-order valence-electron chi connectivity index (χ2n) is 3.83. The van der Waals surface area contributed by atoms with Crippen molar-refractivity contribution in [1.82, 2.24) is 15.1 Å². The van der Waals surface area contributed by atoms with Crippen molar-refractivity contribution in [3.63, 3.8) is 0 Å². The molecule has 0 saturated heterocycles. The van der Waals surface area contributed by atoms with Crippen molar-refractivity contribution in [3.05, 3.63) is 17.5 Å². The lowest BCUT2D eigenvalue weighted by Crippen LogP contribution is -2.28. The molecule has 0 bridgehead atoms. The number of hydrogen-bond acceptors (Lipinski definition) is 3. The predicted octanol–water partition coefficient (Wildman–Crippen LogP) is 0.806. The first kappa shape index (κ1) is 13.2. The van der Waals surface area contributed by atoms with Gasteiger partial charge in [0.25, 0.3) is 0 Å². The summed E-state index contributed by atoms with van der Waals surface area (Å²) >= 11 is 0. The van der Waals surface area contributed by atoms with E-state index in [4.69, 9.17) is 5.11 Å². The van der Waals surface area contributed by atoms with E-state index in [9.17, 15) is 9.59 Å². The van der Waals surface area contributed by atoms with E-state index in [1.54, 1.807) is 6.92 Å². The minimum atomic E-state index is -1.03. The average Bonchev–Trinajstić information content (AvgIpc) is 2.60. The standard InChI is InChI=1S/C11H17N3O3/c1-3-4-5-12-10(15)7-14-6-9(11(16)17)8(2)13-14/h6H,3-5,7H2,1-2H3,(H,12,15)(H,16,17). The summed E-state index contributed by atoms with van der Waals surface area (Å²) in [4.78, 5) is 22.2. The van der Waals surface area contributed by atoms with Crippen LogP contribution in [0.3, 0.4) is 0 Å². The molecule has 94 valence electrons. The lowest BCUT2D eigenvalue weighted by atomic mass is 10.3. The van der Waals surface area contributed by atoms with Gasteiger partial charge in [-0.2, -0.15) is 5.10 Å². The molecular weight excluding hydrogens is 222 g/mol. The van der Waals surface area contributed by atoms with E-state index >= 15 is 0 Å². The summed E-state index contributed by atoms with van der Waals surface area (Å²) in [5.74, 6) is -1.18. The number of unbranched alkanes of at least 4 members (excludes halogenated alkanes) is 1. The van der Waals surface area contributed by atoms with E-state index in [2.05, 4.69) is 10.4 Å². The summed E-state index contributed by atoms with van der Waals surface area (Å²) in [6.45, 7) is 4.34. The molecule has 0 aliphatic carbocycles. The Morgan fingerprint density at radius 2 is 2.24 bits per heavy atom. The summed E-state index contributed by atoms with van der Waals surface area (Å²) in [7, 11) is 0. The Labute approximate surface area is 99.6 Å². The average molecular weight is 239 g/mol. The fraction of sp³-hybridized carbons (Fsp3) is 0.545. The zero-order valence-corrected chi connectivity index (χ0v) is 10.1. The van der Waals surface area contributed by atoms with Crippen LogP contribution < -0.4 is 5.32 Å². The molecule has 0 aromatic carbocycles. The lowest BCUT2D eigenvalue weighted by molar-refractivity contribution is -0.121. The van der Waals surface area contributed by atoms with E-state index in [1.165, 1.54) is 10.9 Å². The second kappa shape index (κ2) is 6.03. The quantitative estimate of drug-likeness (QED) is 0.719. The van der Waals surface area contributed by atoms with E-state index in [0.29, 0.717) is 12.2 Å². The van der Waals surface area contributed by atoms with Crippen molar-refractivity contribution in [2.75, 3.05) is 6.54 Å². The summed E-state index contributed by atoms with van der Waals surface area (Å²) in [6.07, 6.45) is 3.33. The molecule has 2 N–H and O–H groups in total. The number of carbonyl (C=O) groups excluding carboxylic acids is 1. The maximum absolute atomic E-state index is 11.5. The Morgan fingerprint density at radius 1 is 1.53 bits per heavy atom. The van der Waals surface area contributed by atoms with Crippen LogP contribution >= 0.6 is 0 Å². The van der Waals surface area contributed by atoms with Gasteiger partial charge in [-0.25, -0.2) is 4.79 Å². The molecule has 1 aromatic heterocycles. The molecule has 0 spiro atoms. The Hall–Kier alpha value is -1.85. The molecule has 1 rings (SSSR count). The fourth-order valence-electron chi connectivity index (χ4n) is 1.42. The van der Waals surface area contributed by atoms with Crippen molar-refractivity contribution in [3.8, 4) is 0 Å². The third kappa shape index (κ3) is 3.90. The summed E-state index contributed by atoms with van der Waals surface area (Å²) in [6, 6.07) is 0. The molecule has 0 fully saturated rings. The fourth-order valence-corrected chi connectivity index (χ4v) is 1.42. The SMILES string of the molecule is CCCCNC(=O)Cn1cc(C(=O)O)c(C)n1. The minimum Gasteiger partial charge on any atom is -0.478 e. The van der Waals surface area contributed by atoms with Gasteiger partial charge in [0.2, 0.25) is 5.91 Å². The monoisotopic (exact) mass is 239 g/mol. The van der Waals surface area contributed by atoms with Crippen LogP contribution in [-0.4, -0.2) is 33.3 Å². The van der Waals surface area contributed by atoms with E-state index in [1.807, 2.05) is 6.92 Å². The van der Waals surface area contributed by atoms with Gasteiger partial charge in [0.1, 0.15) is 12.1 Å². The number of nitrogens with one attached hydrogen (secondary N) is 1. The topological polar surface area (TPSA) is 84.2 Å². The van der Waals surface area contributed by atoms with Gasteiger partial charge < -0.3 is 10.4 Å². The number of carboxylic acids is 1. The van der Waals surface area contributed by atoms with E-state index < -0.39 is 5.97 Å². The maximum atomic E-state index is 11.5. The van der Waals surface area contributed by atoms with Gasteiger partial charge in [-0.3, -0.25) is 9.48 Å². The van der Waals surface area contributed by atoms with Crippen LogP contribution in [0, 0.1) is 6.92 Å². The third-order valence-corrected chi connectivity index (χ3v) is 2.33. The highest BCUT2D eigenvalue weighted by atomic mass is 16.4. The number of carboxylic acid groups (broad SMARTS) is 1. The van der Waals surface area contributed by atoms with Crippen LogP contribution in [0.1, 0.15) is 35.8 Å². The Balaban J connectivity index is 2.54. The van der Waals surface area contributed by atoms with Gasteiger partial charge in [0, 0.05) is 12.7 Å². The number of nitrogens with zero attached hydrogens (tertiary/aromatic N) is 2. The molecule has 1 aromatic rings. The number of aromatic carboxylic acids is 1. The molecule has 0 saturated carbocycles. The molecular formula is C11H17N3O3. The number of carbonyl (C=O) groups is 2. The van der Waals surface area contributed by atoms with Crippen LogP contribution in [0.4, 0.5) is 0 Å². The number of aromatic nitrogens is 2. The van der Waals surface area contributed by atoms with Gasteiger partial charge in [0.05, 0.1) is 5.69 Å². The Kier molecular flexibility index (Phi) is 4.68. The normalized spacial score (nSPS) is 10.2. The summed E-state index contributed by atoms with van der Waals surface area (Å²) in [5.41, 5.74) is 0.546. The molecule has 17 heavy (non-hydrogen) atoms. The second-order valence-corrected chi connectivity index (χ2v) is 3.83. The zero-order chi connectivity index (χ0) is 12.8. The maximum Gasteiger partial charge on any atom is 0.339 e. The van der Waals surface area contributed by atoms with Gasteiger partial charge in [-0.05, 0) is 13.3 Å². The van der Waals surface area contributed by atoms with Crippen LogP contribution in [0.25, 0.3) is 0 Å². The summed E-state index contributed by atoms with van der Waals surface area (Å²) < 4.78 is 1.35. The minimum absolute atomic E-state index is 0.0534. The molecule has 0 radical (unpaired) electrons. The van der Waals surface area contributed by atoms with E-state index in [0.717, 1.165) is 12.8 Å². The van der Waals surface area contributed by atoms with Crippen LogP contribution in [0.2, 0.25) is 0 Å². The lowest BCUT2D eigenvalue weighted by Gasteiger charge is -2.03. The number of hydrogen-bond donors (Lipinski definition) is 2. The van der Waals surface area contributed by atoms with Crippen molar-refractivity contribution in [1.29, 1.82) is 0 Å². The highest BCUT2D eigenvalue weighted by molar-refractivity contribution is 5.88. The highest BCUT2D eigenvalue weighted by Gasteiger charge is 2.12. The molecule has 6 nitrogen and oxygen atoms in total. The Bertz CT molecular complexity index is 412. The molecule has 1 amide bonds. The first-order valence-corrected chi connectivity index (χ1v) is 5.58. The van der Waals surface area contributed by atoms with Crippen LogP contribution in [-0.2, 0) is 11.3 Å². The van der Waals surface area contributed by atoms with Crippen molar-refractivity contribution >= 4 is 11.9 Å². The Morgan fingerprint density at radius 3 is 2.76 bits per heavy atom. The molecule has 0 aliphatic rings. The highest BCUT2D eigenvalue weighted by Crippen LogP contribution is 2.04.